The number of aliphatic imine (C=N–C) groups is 1. The molecular formula is C12H12N4O2. The Labute approximate surface area is 104 Å². The van der Waals surface area contributed by atoms with Gasteiger partial charge >= 0.3 is 0 Å². The van der Waals surface area contributed by atoms with E-state index in [2.05, 4.69) is 15.0 Å². The summed E-state index contributed by atoms with van der Waals surface area (Å²) in [5.74, 6) is -0.287. The van der Waals surface area contributed by atoms with Crippen molar-refractivity contribution in [2.45, 2.75) is 26.3 Å². The van der Waals surface area contributed by atoms with Crippen LogP contribution in [0.3, 0.4) is 0 Å². The molecule has 0 fully saturated rings. The van der Waals surface area contributed by atoms with Crippen molar-refractivity contribution < 1.29 is 9.59 Å². The van der Waals surface area contributed by atoms with E-state index in [1.807, 2.05) is 13.8 Å². The Morgan fingerprint density at radius 2 is 1.78 bits per heavy atom. The smallest absolute Gasteiger partial charge is 0.274 e. The van der Waals surface area contributed by atoms with E-state index in [9.17, 15) is 9.59 Å². The lowest BCUT2D eigenvalue weighted by molar-refractivity contribution is -0.126. The van der Waals surface area contributed by atoms with Crippen LogP contribution < -0.4 is 0 Å². The average Bonchev–Trinajstić information content (AvgIpc) is 2.77. The van der Waals surface area contributed by atoms with Crippen molar-refractivity contribution in [1.29, 1.82) is 0 Å². The maximum absolute atomic E-state index is 12.3. The Kier molecular flexibility index (Phi) is 1.97. The van der Waals surface area contributed by atoms with Gasteiger partial charge in [0.05, 0.1) is 0 Å². The highest BCUT2D eigenvalue weighted by atomic mass is 16.2. The Bertz CT molecular complexity index is 608. The molecule has 2 aliphatic rings. The van der Waals surface area contributed by atoms with Gasteiger partial charge in [0.2, 0.25) is 0 Å². The third-order valence-corrected chi connectivity index (χ3v) is 3.76. The van der Waals surface area contributed by atoms with E-state index in [-0.39, 0.29) is 23.4 Å². The topological polar surface area (TPSA) is 75.5 Å². The maximum Gasteiger partial charge on any atom is 0.281 e. The molecule has 0 bridgehead atoms. The first-order chi connectivity index (χ1) is 8.48. The standard InChI is InChI=1S/C12H12N4O2/c1-6(2)12(3)11(18)15-9-7-8(10(17)16(9)12)14-5-4-13-7/h4-6H,1-3H3. The molecule has 3 rings (SSSR count). The summed E-state index contributed by atoms with van der Waals surface area (Å²) in [6.45, 7) is 5.53. The lowest BCUT2D eigenvalue weighted by Gasteiger charge is -2.33. The van der Waals surface area contributed by atoms with E-state index in [0.717, 1.165) is 0 Å². The van der Waals surface area contributed by atoms with Crippen molar-refractivity contribution in [3.05, 3.63) is 23.8 Å². The molecule has 2 aliphatic heterocycles. The van der Waals surface area contributed by atoms with Crippen LogP contribution in [0.4, 0.5) is 0 Å². The molecular weight excluding hydrogens is 232 g/mol. The molecule has 18 heavy (non-hydrogen) atoms. The molecule has 1 unspecified atom stereocenters. The van der Waals surface area contributed by atoms with Gasteiger partial charge in [0.25, 0.3) is 11.8 Å². The largest absolute Gasteiger partial charge is 0.281 e. The Balaban J connectivity index is 2.23. The molecule has 92 valence electrons. The van der Waals surface area contributed by atoms with E-state index < -0.39 is 5.54 Å². The van der Waals surface area contributed by atoms with Gasteiger partial charge in [0.1, 0.15) is 11.2 Å². The summed E-state index contributed by atoms with van der Waals surface area (Å²) in [4.78, 5) is 38.0. The molecule has 0 saturated carbocycles. The quantitative estimate of drug-likeness (QED) is 0.726. The zero-order chi connectivity index (χ0) is 13.1. The predicted molar refractivity (Wildman–Crippen MR) is 63.0 cm³/mol. The van der Waals surface area contributed by atoms with Crippen LogP contribution in [0.5, 0.6) is 0 Å². The highest BCUT2D eigenvalue weighted by Gasteiger charge is 2.56. The number of carbonyl (C=O) groups is 2. The molecule has 1 atom stereocenters. The van der Waals surface area contributed by atoms with Gasteiger partial charge in [0, 0.05) is 12.4 Å². The fourth-order valence-corrected chi connectivity index (χ4v) is 2.31. The molecule has 2 amide bonds. The van der Waals surface area contributed by atoms with Crippen molar-refractivity contribution >= 4 is 17.6 Å². The fraction of sp³-hybridized carbons (Fsp3) is 0.417. The van der Waals surface area contributed by atoms with Crippen molar-refractivity contribution in [3.63, 3.8) is 0 Å². The lowest BCUT2D eigenvalue weighted by Crippen LogP contribution is -2.53. The number of amides is 2. The molecule has 0 aliphatic carbocycles. The molecule has 0 radical (unpaired) electrons. The summed E-state index contributed by atoms with van der Waals surface area (Å²) < 4.78 is 0. The Morgan fingerprint density at radius 3 is 2.39 bits per heavy atom. The normalized spacial score (nSPS) is 25.6. The highest BCUT2D eigenvalue weighted by molar-refractivity contribution is 6.28. The molecule has 0 saturated heterocycles. The summed E-state index contributed by atoms with van der Waals surface area (Å²) in [6, 6.07) is 0. The molecule has 1 aromatic heterocycles. The van der Waals surface area contributed by atoms with Gasteiger partial charge in [0.15, 0.2) is 11.5 Å². The van der Waals surface area contributed by atoms with Crippen LogP contribution in [0.25, 0.3) is 0 Å². The van der Waals surface area contributed by atoms with E-state index in [1.165, 1.54) is 17.3 Å². The second-order valence-corrected chi connectivity index (χ2v) is 4.94. The van der Waals surface area contributed by atoms with Crippen LogP contribution in [0.1, 0.15) is 37.0 Å². The van der Waals surface area contributed by atoms with Gasteiger partial charge in [-0.25, -0.2) is 9.97 Å². The van der Waals surface area contributed by atoms with Gasteiger partial charge in [-0.05, 0) is 12.8 Å². The monoisotopic (exact) mass is 244 g/mol. The number of aromatic nitrogens is 2. The van der Waals surface area contributed by atoms with E-state index >= 15 is 0 Å². The minimum atomic E-state index is -0.936. The lowest BCUT2D eigenvalue weighted by atomic mass is 9.87. The maximum atomic E-state index is 12.3. The summed E-state index contributed by atoms with van der Waals surface area (Å²) in [5.41, 5.74) is -0.259. The van der Waals surface area contributed by atoms with Crippen LogP contribution in [-0.4, -0.2) is 38.1 Å². The fourth-order valence-electron chi connectivity index (χ4n) is 2.31. The number of fused-ring (bicyclic) bond motifs is 3. The van der Waals surface area contributed by atoms with Crippen molar-refractivity contribution in [1.82, 2.24) is 14.9 Å². The SMILES string of the molecule is CC(C)C1(C)C(=O)N=C2c3nccnc3C(=O)N21. The first-order valence-electron chi connectivity index (χ1n) is 5.77. The Morgan fingerprint density at radius 1 is 1.17 bits per heavy atom. The number of hydrogen-bond donors (Lipinski definition) is 0. The van der Waals surface area contributed by atoms with Crippen LogP contribution >= 0.6 is 0 Å². The van der Waals surface area contributed by atoms with Gasteiger partial charge in [-0.1, -0.05) is 13.8 Å². The number of nitrogens with zero attached hydrogens (tertiary/aromatic N) is 4. The summed E-state index contributed by atoms with van der Waals surface area (Å²) in [6.07, 6.45) is 2.96. The average molecular weight is 244 g/mol. The molecule has 1 aromatic rings. The van der Waals surface area contributed by atoms with Crippen LogP contribution in [-0.2, 0) is 4.79 Å². The molecule has 6 nitrogen and oxygen atoms in total. The minimum Gasteiger partial charge on any atom is -0.274 e. The number of hydrogen-bond acceptors (Lipinski definition) is 4. The molecule has 0 aromatic carbocycles. The summed E-state index contributed by atoms with van der Waals surface area (Å²) >= 11 is 0. The third-order valence-electron chi connectivity index (χ3n) is 3.76. The summed E-state index contributed by atoms with van der Waals surface area (Å²) in [7, 11) is 0. The van der Waals surface area contributed by atoms with Crippen molar-refractivity contribution in [3.8, 4) is 0 Å². The molecule has 3 heterocycles. The predicted octanol–water partition coefficient (Wildman–Crippen LogP) is 0.634. The first kappa shape index (κ1) is 11.0. The zero-order valence-electron chi connectivity index (χ0n) is 10.3. The molecule has 0 N–H and O–H groups in total. The van der Waals surface area contributed by atoms with Crippen molar-refractivity contribution in [2.24, 2.45) is 10.9 Å². The van der Waals surface area contributed by atoms with Crippen LogP contribution in [0.15, 0.2) is 17.4 Å². The second-order valence-electron chi connectivity index (χ2n) is 4.94. The van der Waals surface area contributed by atoms with Gasteiger partial charge < -0.3 is 0 Å². The van der Waals surface area contributed by atoms with Gasteiger partial charge in [-0.2, -0.15) is 4.99 Å². The van der Waals surface area contributed by atoms with Crippen LogP contribution in [0.2, 0.25) is 0 Å². The highest BCUT2D eigenvalue weighted by Crippen LogP contribution is 2.38. The summed E-state index contributed by atoms with van der Waals surface area (Å²) in [5, 5.41) is 0. The third kappa shape index (κ3) is 1.05. The first-order valence-corrected chi connectivity index (χ1v) is 5.77. The van der Waals surface area contributed by atoms with E-state index in [1.54, 1.807) is 6.92 Å². The van der Waals surface area contributed by atoms with E-state index in [0.29, 0.717) is 11.5 Å². The second kappa shape index (κ2) is 3.22. The molecule has 6 heteroatoms. The number of rotatable bonds is 1. The number of amidine groups is 1. The van der Waals surface area contributed by atoms with E-state index in [4.69, 9.17) is 0 Å². The minimum absolute atomic E-state index is 0.0375. The van der Waals surface area contributed by atoms with Gasteiger partial charge in [-0.3, -0.25) is 14.5 Å². The zero-order valence-corrected chi connectivity index (χ0v) is 10.3. The van der Waals surface area contributed by atoms with Crippen molar-refractivity contribution in [2.75, 3.05) is 0 Å². The van der Waals surface area contributed by atoms with Gasteiger partial charge in [-0.15, -0.1) is 0 Å². The number of carbonyl (C=O) groups excluding carboxylic acids is 2. The van der Waals surface area contributed by atoms with Crippen LogP contribution in [0, 0.1) is 5.92 Å². The molecule has 0 spiro atoms. The Hall–Kier alpha value is -2.11.